The Bertz CT molecular complexity index is 980. The minimum absolute atomic E-state index is 0.196. The molecule has 1 N–H and O–H groups in total. The number of aryl methyl sites for hydroxylation is 2. The second-order valence-electron chi connectivity index (χ2n) is 5.82. The summed E-state index contributed by atoms with van der Waals surface area (Å²) in [7, 11) is 1.31. The van der Waals surface area contributed by atoms with Gasteiger partial charge in [0.15, 0.2) is 0 Å². The van der Waals surface area contributed by atoms with Crippen LogP contribution in [-0.4, -0.2) is 38.6 Å². The third-order valence-corrected chi connectivity index (χ3v) is 4.20. The summed E-state index contributed by atoms with van der Waals surface area (Å²) in [5.41, 5.74) is 3.45. The van der Waals surface area contributed by atoms with E-state index in [1.807, 2.05) is 13.8 Å². The van der Waals surface area contributed by atoms with Crippen LogP contribution in [0, 0.1) is 13.8 Å². The molecule has 2 aromatic heterocycles. The number of esters is 1. The molecule has 0 saturated heterocycles. The van der Waals surface area contributed by atoms with Crippen molar-refractivity contribution in [3.8, 4) is 0 Å². The molecule has 0 radical (unpaired) electrons. The molecule has 0 fully saturated rings. The number of fused-ring (bicyclic) bond motifs is 1. The Morgan fingerprint density at radius 1 is 1.23 bits per heavy atom. The van der Waals surface area contributed by atoms with Gasteiger partial charge in [-0.15, -0.1) is 0 Å². The van der Waals surface area contributed by atoms with E-state index in [0.717, 1.165) is 17.0 Å². The molecule has 0 saturated carbocycles. The number of benzene rings is 1. The summed E-state index contributed by atoms with van der Waals surface area (Å²) >= 11 is 0. The number of anilines is 1. The molecule has 0 spiro atoms. The zero-order chi connectivity index (χ0) is 18.7. The lowest BCUT2D eigenvalue weighted by molar-refractivity contribution is -0.116. The van der Waals surface area contributed by atoms with Crippen LogP contribution in [0.1, 0.15) is 33.7 Å². The van der Waals surface area contributed by atoms with E-state index in [4.69, 9.17) is 4.74 Å². The molecular weight excluding hydrogens is 334 g/mol. The lowest BCUT2D eigenvalue weighted by atomic mass is 10.1. The van der Waals surface area contributed by atoms with E-state index in [1.54, 1.807) is 28.8 Å². The number of aromatic nitrogens is 4. The van der Waals surface area contributed by atoms with Crippen LogP contribution in [0.4, 0.5) is 5.69 Å². The molecule has 2 heterocycles. The number of carbonyl (C=O) groups is 2. The Kier molecular flexibility index (Phi) is 4.92. The Morgan fingerprint density at radius 3 is 2.77 bits per heavy atom. The average molecular weight is 353 g/mol. The third-order valence-electron chi connectivity index (χ3n) is 4.20. The van der Waals surface area contributed by atoms with Crippen LogP contribution in [0.15, 0.2) is 30.6 Å². The van der Waals surface area contributed by atoms with Gasteiger partial charge < -0.3 is 10.1 Å². The number of hydrogen-bond acceptors (Lipinski definition) is 6. The van der Waals surface area contributed by atoms with Gasteiger partial charge in [0, 0.05) is 17.8 Å². The summed E-state index contributed by atoms with van der Waals surface area (Å²) < 4.78 is 6.40. The summed E-state index contributed by atoms with van der Waals surface area (Å²) in [6.07, 6.45) is 2.21. The third kappa shape index (κ3) is 3.39. The first-order valence-electron chi connectivity index (χ1n) is 8.14. The average Bonchev–Trinajstić information content (AvgIpc) is 3.10. The first-order chi connectivity index (χ1) is 12.5. The van der Waals surface area contributed by atoms with Gasteiger partial charge in [0.05, 0.1) is 18.4 Å². The highest BCUT2D eigenvalue weighted by Gasteiger charge is 2.15. The first kappa shape index (κ1) is 17.5. The summed E-state index contributed by atoms with van der Waals surface area (Å²) in [5, 5.41) is 6.92. The van der Waals surface area contributed by atoms with Crippen molar-refractivity contribution in [2.24, 2.45) is 0 Å². The van der Waals surface area contributed by atoms with Crippen LogP contribution in [0.5, 0.6) is 0 Å². The smallest absolute Gasteiger partial charge is 0.339 e. The lowest BCUT2D eigenvalue weighted by Gasteiger charge is -2.12. The van der Waals surface area contributed by atoms with Crippen molar-refractivity contribution >= 4 is 23.3 Å². The molecule has 3 aromatic rings. The maximum atomic E-state index is 12.4. The number of ether oxygens (including phenoxy) is 1. The number of rotatable bonds is 5. The maximum Gasteiger partial charge on any atom is 0.339 e. The fourth-order valence-corrected chi connectivity index (χ4v) is 2.85. The largest absolute Gasteiger partial charge is 0.465 e. The predicted molar refractivity (Wildman–Crippen MR) is 95.0 cm³/mol. The van der Waals surface area contributed by atoms with Crippen molar-refractivity contribution < 1.29 is 14.3 Å². The van der Waals surface area contributed by atoms with Crippen molar-refractivity contribution in [3.05, 3.63) is 53.1 Å². The molecule has 8 heteroatoms. The van der Waals surface area contributed by atoms with Gasteiger partial charge in [-0.1, -0.05) is 12.1 Å². The van der Waals surface area contributed by atoms with Gasteiger partial charge in [-0.05, 0) is 38.0 Å². The highest BCUT2D eigenvalue weighted by molar-refractivity contribution is 6.01. The normalized spacial score (nSPS) is 10.7. The van der Waals surface area contributed by atoms with Crippen molar-refractivity contribution in [3.63, 3.8) is 0 Å². The zero-order valence-corrected chi connectivity index (χ0v) is 14.8. The molecule has 0 aliphatic heterocycles. The Morgan fingerprint density at radius 2 is 2.00 bits per heavy atom. The van der Waals surface area contributed by atoms with E-state index in [2.05, 4.69) is 20.4 Å². The SMILES string of the molecule is COC(=O)c1ccccc1NC(=O)CCc1c(C)nc2ncnn2c1C. The number of nitrogens with one attached hydrogen (secondary N) is 1. The van der Waals surface area contributed by atoms with Crippen LogP contribution in [0.2, 0.25) is 0 Å². The number of amides is 1. The van der Waals surface area contributed by atoms with Gasteiger partial charge in [0.2, 0.25) is 5.91 Å². The van der Waals surface area contributed by atoms with E-state index in [0.29, 0.717) is 23.4 Å². The van der Waals surface area contributed by atoms with Crippen molar-refractivity contribution in [1.29, 1.82) is 0 Å². The molecule has 0 atom stereocenters. The van der Waals surface area contributed by atoms with Gasteiger partial charge in [-0.3, -0.25) is 4.79 Å². The van der Waals surface area contributed by atoms with Crippen LogP contribution in [-0.2, 0) is 16.0 Å². The van der Waals surface area contributed by atoms with Gasteiger partial charge >= 0.3 is 5.97 Å². The zero-order valence-electron chi connectivity index (χ0n) is 14.8. The van der Waals surface area contributed by atoms with Gasteiger partial charge in [0.1, 0.15) is 6.33 Å². The van der Waals surface area contributed by atoms with Crippen molar-refractivity contribution in [2.75, 3.05) is 12.4 Å². The van der Waals surface area contributed by atoms with E-state index in [-0.39, 0.29) is 12.3 Å². The number of carbonyl (C=O) groups excluding carboxylic acids is 2. The molecular formula is C18H19N5O3. The lowest BCUT2D eigenvalue weighted by Crippen LogP contribution is -2.16. The monoisotopic (exact) mass is 353 g/mol. The van der Waals surface area contributed by atoms with Gasteiger partial charge in [0.25, 0.3) is 5.78 Å². The Labute approximate surface area is 150 Å². The molecule has 0 bridgehead atoms. The first-order valence-corrected chi connectivity index (χ1v) is 8.14. The number of para-hydroxylation sites is 1. The topological polar surface area (TPSA) is 98.5 Å². The molecule has 134 valence electrons. The summed E-state index contributed by atoms with van der Waals surface area (Å²) in [6, 6.07) is 6.74. The van der Waals surface area contributed by atoms with E-state index in [1.165, 1.54) is 13.4 Å². The standard InChI is InChI=1S/C18H19N5O3/c1-11-13(12(2)23-18(21-11)19-10-20-23)8-9-16(24)22-15-7-5-4-6-14(15)17(25)26-3/h4-7,10H,8-9H2,1-3H3,(H,22,24). The highest BCUT2D eigenvalue weighted by Crippen LogP contribution is 2.18. The van der Waals surface area contributed by atoms with Crippen molar-refractivity contribution in [2.45, 2.75) is 26.7 Å². The van der Waals surface area contributed by atoms with Gasteiger partial charge in [-0.2, -0.15) is 10.1 Å². The number of nitrogens with zero attached hydrogens (tertiary/aromatic N) is 4. The van der Waals surface area contributed by atoms with Crippen LogP contribution in [0.25, 0.3) is 5.78 Å². The molecule has 26 heavy (non-hydrogen) atoms. The second-order valence-corrected chi connectivity index (χ2v) is 5.82. The number of hydrogen-bond donors (Lipinski definition) is 1. The Balaban J connectivity index is 1.74. The maximum absolute atomic E-state index is 12.4. The molecule has 1 amide bonds. The summed E-state index contributed by atoms with van der Waals surface area (Å²) in [6.45, 7) is 3.82. The molecule has 3 rings (SSSR count). The van der Waals surface area contributed by atoms with Crippen molar-refractivity contribution in [1.82, 2.24) is 19.6 Å². The highest BCUT2D eigenvalue weighted by atomic mass is 16.5. The molecule has 0 aliphatic carbocycles. The minimum Gasteiger partial charge on any atom is -0.465 e. The van der Waals surface area contributed by atoms with E-state index >= 15 is 0 Å². The van der Waals surface area contributed by atoms with E-state index in [9.17, 15) is 9.59 Å². The number of methoxy groups -OCH3 is 1. The van der Waals surface area contributed by atoms with Crippen LogP contribution >= 0.6 is 0 Å². The van der Waals surface area contributed by atoms with E-state index < -0.39 is 5.97 Å². The fraction of sp³-hybridized carbons (Fsp3) is 0.278. The Hall–Kier alpha value is -3.29. The molecule has 0 unspecified atom stereocenters. The molecule has 8 nitrogen and oxygen atoms in total. The molecule has 1 aromatic carbocycles. The quantitative estimate of drug-likeness (QED) is 0.705. The van der Waals surface area contributed by atoms with Crippen LogP contribution in [0.3, 0.4) is 0 Å². The summed E-state index contributed by atoms with van der Waals surface area (Å²) in [5.74, 6) is -0.146. The molecule has 0 aliphatic rings. The predicted octanol–water partition coefficient (Wildman–Crippen LogP) is 2.10. The van der Waals surface area contributed by atoms with Gasteiger partial charge in [-0.25, -0.2) is 14.3 Å². The second kappa shape index (κ2) is 7.30. The minimum atomic E-state index is -0.492. The summed E-state index contributed by atoms with van der Waals surface area (Å²) in [4.78, 5) is 32.6. The van der Waals surface area contributed by atoms with Crippen LogP contribution < -0.4 is 5.32 Å². The fourth-order valence-electron chi connectivity index (χ4n) is 2.85.